The second kappa shape index (κ2) is 2.97. The monoisotopic (exact) mass is 149 g/mol. The third-order valence-corrected chi connectivity index (χ3v) is 1.36. The molecule has 1 aromatic heterocycles. The van der Waals surface area contributed by atoms with Crippen LogP contribution in [-0.4, -0.2) is 9.97 Å². The molecule has 56 valence electrons. The summed E-state index contributed by atoms with van der Waals surface area (Å²) >= 11 is 0. The molecule has 1 atom stereocenters. The average Bonchev–Trinajstić information content (AvgIpc) is 2.03. The summed E-state index contributed by atoms with van der Waals surface area (Å²) in [6.45, 7) is 1.71. The fourth-order valence-corrected chi connectivity index (χ4v) is 0.705. The maximum absolute atomic E-state index is 10.6. The first kappa shape index (κ1) is 7.48. The van der Waals surface area contributed by atoms with E-state index in [1.807, 2.05) is 6.07 Å². The molecule has 0 saturated carbocycles. The van der Waals surface area contributed by atoms with Crippen LogP contribution in [0.2, 0.25) is 0 Å². The van der Waals surface area contributed by atoms with Gasteiger partial charge in [-0.2, -0.15) is 5.26 Å². The lowest BCUT2D eigenvalue weighted by Crippen LogP contribution is -2.12. The van der Waals surface area contributed by atoms with Gasteiger partial charge in [0.25, 0.3) is 0 Å². The van der Waals surface area contributed by atoms with Gasteiger partial charge in [-0.25, -0.2) is 9.78 Å². The Balaban J connectivity index is 3.08. The van der Waals surface area contributed by atoms with Gasteiger partial charge >= 0.3 is 5.69 Å². The number of nitriles is 1. The van der Waals surface area contributed by atoms with Crippen molar-refractivity contribution in [2.24, 2.45) is 0 Å². The standard InChI is InChI=1S/C7H7N3O/c1-5(4-8)6-2-3-9-7(11)10-6/h2-3,5H,1H3,(H,9,10,11). The van der Waals surface area contributed by atoms with Gasteiger partial charge in [0.1, 0.15) is 0 Å². The Hall–Kier alpha value is -1.63. The van der Waals surface area contributed by atoms with Crippen molar-refractivity contribution in [1.29, 1.82) is 5.26 Å². The average molecular weight is 149 g/mol. The quantitative estimate of drug-likeness (QED) is 0.628. The Morgan fingerprint density at radius 3 is 3.09 bits per heavy atom. The zero-order chi connectivity index (χ0) is 8.27. The molecule has 1 unspecified atom stereocenters. The molecule has 4 nitrogen and oxygen atoms in total. The molecule has 1 aromatic rings. The Bertz CT molecular complexity index is 336. The Morgan fingerprint density at radius 2 is 2.55 bits per heavy atom. The van der Waals surface area contributed by atoms with Gasteiger partial charge in [0.15, 0.2) is 0 Å². The van der Waals surface area contributed by atoms with Crippen LogP contribution in [0.25, 0.3) is 0 Å². The number of nitrogens with zero attached hydrogens (tertiary/aromatic N) is 2. The molecule has 0 aliphatic rings. The molecule has 1 N–H and O–H groups in total. The molecular weight excluding hydrogens is 142 g/mol. The van der Waals surface area contributed by atoms with E-state index in [9.17, 15) is 4.79 Å². The van der Waals surface area contributed by atoms with Gasteiger partial charge in [-0.3, -0.25) is 0 Å². The van der Waals surface area contributed by atoms with Crippen LogP contribution >= 0.6 is 0 Å². The molecule has 0 radical (unpaired) electrons. The number of nitrogens with one attached hydrogen (secondary N) is 1. The number of hydrogen-bond donors (Lipinski definition) is 1. The van der Waals surface area contributed by atoms with Crippen LogP contribution in [-0.2, 0) is 0 Å². The fraction of sp³-hybridized carbons (Fsp3) is 0.286. The maximum Gasteiger partial charge on any atom is 0.345 e. The van der Waals surface area contributed by atoms with Crippen molar-refractivity contribution in [3.05, 3.63) is 28.4 Å². The van der Waals surface area contributed by atoms with E-state index in [0.29, 0.717) is 5.69 Å². The summed E-state index contributed by atoms with van der Waals surface area (Å²) in [5.41, 5.74) is 0.192. The van der Waals surface area contributed by atoms with Crippen molar-refractivity contribution in [2.45, 2.75) is 12.8 Å². The number of aromatic amines is 1. The van der Waals surface area contributed by atoms with E-state index in [1.165, 1.54) is 6.20 Å². The molecule has 0 bridgehead atoms. The molecule has 11 heavy (non-hydrogen) atoms. The first-order chi connectivity index (χ1) is 5.24. The topological polar surface area (TPSA) is 69.5 Å². The van der Waals surface area contributed by atoms with Gasteiger partial charge in [-0.15, -0.1) is 0 Å². The third kappa shape index (κ3) is 1.64. The maximum atomic E-state index is 10.6. The van der Waals surface area contributed by atoms with Gasteiger partial charge in [-0.05, 0) is 13.0 Å². The van der Waals surface area contributed by atoms with Crippen LogP contribution < -0.4 is 5.69 Å². The Morgan fingerprint density at radius 1 is 1.82 bits per heavy atom. The lowest BCUT2D eigenvalue weighted by Gasteiger charge is -1.98. The largest absolute Gasteiger partial charge is 0.345 e. The smallest absolute Gasteiger partial charge is 0.308 e. The van der Waals surface area contributed by atoms with Crippen molar-refractivity contribution in [1.82, 2.24) is 9.97 Å². The summed E-state index contributed by atoms with van der Waals surface area (Å²) in [7, 11) is 0. The van der Waals surface area contributed by atoms with E-state index < -0.39 is 5.69 Å². The van der Waals surface area contributed by atoms with Gasteiger partial charge in [-0.1, -0.05) is 0 Å². The van der Waals surface area contributed by atoms with Crippen LogP contribution in [0.4, 0.5) is 0 Å². The minimum Gasteiger partial charge on any atom is -0.308 e. The highest BCUT2D eigenvalue weighted by Crippen LogP contribution is 2.06. The van der Waals surface area contributed by atoms with Crippen LogP contribution in [0, 0.1) is 11.3 Å². The summed E-state index contributed by atoms with van der Waals surface area (Å²) in [6, 6.07) is 3.63. The minimum absolute atomic E-state index is 0.286. The lowest BCUT2D eigenvalue weighted by atomic mass is 10.1. The van der Waals surface area contributed by atoms with Crippen molar-refractivity contribution < 1.29 is 0 Å². The number of hydrogen-bond acceptors (Lipinski definition) is 3. The van der Waals surface area contributed by atoms with Crippen molar-refractivity contribution in [2.75, 3.05) is 0 Å². The second-order valence-electron chi connectivity index (χ2n) is 2.18. The summed E-state index contributed by atoms with van der Waals surface area (Å²) < 4.78 is 0. The summed E-state index contributed by atoms with van der Waals surface area (Å²) in [6.07, 6.45) is 1.39. The molecule has 0 aromatic carbocycles. The van der Waals surface area contributed by atoms with Crippen LogP contribution in [0.5, 0.6) is 0 Å². The first-order valence-corrected chi connectivity index (χ1v) is 3.19. The predicted molar refractivity (Wildman–Crippen MR) is 38.9 cm³/mol. The van der Waals surface area contributed by atoms with E-state index >= 15 is 0 Å². The molecular formula is C7H7N3O. The molecule has 0 aliphatic heterocycles. The fourth-order valence-electron chi connectivity index (χ4n) is 0.705. The SMILES string of the molecule is CC(C#N)c1ccnc(=O)[nH]1. The van der Waals surface area contributed by atoms with Gasteiger partial charge in [0.05, 0.1) is 12.0 Å². The number of H-pyrrole nitrogens is 1. The van der Waals surface area contributed by atoms with E-state index in [-0.39, 0.29) is 5.92 Å². The highest BCUT2D eigenvalue weighted by molar-refractivity contribution is 5.12. The first-order valence-electron chi connectivity index (χ1n) is 3.19. The summed E-state index contributed by atoms with van der Waals surface area (Å²) in [5.74, 6) is -0.286. The highest BCUT2D eigenvalue weighted by Gasteiger charge is 2.02. The van der Waals surface area contributed by atoms with Crippen molar-refractivity contribution >= 4 is 0 Å². The Kier molecular flexibility index (Phi) is 2.02. The predicted octanol–water partition coefficient (Wildman–Crippen LogP) is 0.397. The van der Waals surface area contributed by atoms with E-state index in [1.54, 1.807) is 13.0 Å². The molecule has 0 amide bonds. The summed E-state index contributed by atoms with van der Waals surface area (Å²) in [5, 5.41) is 8.49. The van der Waals surface area contributed by atoms with Gasteiger partial charge in [0.2, 0.25) is 0 Å². The van der Waals surface area contributed by atoms with E-state index in [4.69, 9.17) is 5.26 Å². The highest BCUT2D eigenvalue weighted by atomic mass is 16.1. The normalized spacial score (nSPS) is 12.0. The molecule has 0 spiro atoms. The zero-order valence-corrected chi connectivity index (χ0v) is 6.03. The molecule has 0 aliphatic carbocycles. The van der Waals surface area contributed by atoms with Crippen LogP contribution in [0.1, 0.15) is 18.5 Å². The zero-order valence-electron chi connectivity index (χ0n) is 6.03. The minimum atomic E-state index is -0.412. The third-order valence-electron chi connectivity index (χ3n) is 1.36. The van der Waals surface area contributed by atoms with E-state index in [2.05, 4.69) is 9.97 Å². The number of rotatable bonds is 1. The Labute approximate surface area is 63.5 Å². The molecule has 4 heteroatoms. The van der Waals surface area contributed by atoms with Gasteiger partial charge < -0.3 is 4.98 Å². The van der Waals surface area contributed by atoms with Crippen LogP contribution in [0.3, 0.4) is 0 Å². The summed E-state index contributed by atoms with van der Waals surface area (Å²) in [4.78, 5) is 16.5. The van der Waals surface area contributed by atoms with Crippen molar-refractivity contribution in [3.63, 3.8) is 0 Å². The number of aromatic nitrogens is 2. The van der Waals surface area contributed by atoms with E-state index in [0.717, 1.165) is 0 Å². The second-order valence-corrected chi connectivity index (χ2v) is 2.18. The molecule has 0 saturated heterocycles. The van der Waals surface area contributed by atoms with Crippen molar-refractivity contribution in [3.8, 4) is 6.07 Å². The molecule has 1 rings (SSSR count). The van der Waals surface area contributed by atoms with Gasteiger partial charge in [0, 0.05) is 11.9 Å². The molecule has 0 fully saturated rings. The molecule has 1 heterocycles. The lowest BCUT2D eigenvalue weighted by molar-refractivity contribution is 0.881. The van der Waals surface area contributed by atoms with Crippen LogP contribution in [0.15, 0.2) is 17.1 Å².